The van der Waals surface area contributed by atoms with Crippen LogP contribution in [0, 0.1) is 0 Å². The van der Waals surface area contributed by atoms with Crippen LogP contribution in [-0.4, -0.2) is 51.1 Å². The van der Waals surface area contributed by atoms with Gasteiger partial charge in [-0.05, 0) is 41.8 Å². The van der Waals surface area contributed by atoms with Gasteiger partial charge in [-0.15, -0.1) is 24.0 Å². The highest BCUT2D eigenvalue weighted by Gasteiger charge is 2.06. The number of methoxy groups -OCH3 is 1. The third kappa shape index (κ3) is 9.36. The minimum Gasteiger partial charge on any atom is -0.497 e. The lowest BCUT2D eigenvalue weighted by Gasteiger charge is -2.15. The molecule has 2 aromatic carbocycles. The maximum atomic E-state index is 11.9. The number of nitrogens with one attached hydrogen (secondary N) is 2. The number of nitrogens with zero attached hydrogens (tertiary/aromatic N) is 2. The van der Waals surface area contributed by atoms with Crippen molar-refractivity contribution in [1.82, 2.24) is 15.5 Å². The summed E-state index contributed by atoms with van der Waals surface area (Å²) in [6, 6.07) is 15.5. The lowest BCUT2D eigenvalue weighted by Crippen LogP contribution is -2.43. The first-order valence-corrected chi connectivity index (χ1v) is 9.45. The molecule has 0 atom stereocenters. The molecule has 0 aliphatic carbocycles. The molecule has 0 unspecified atom stereocenters. The molecule has 158 valence electrons. The van der Waals surface area contributed by atoms with Crippen molar-refractivity contribution < 1.29 is 9.53 Å². The number of amides is 1. The quantitative estimate of drug-likeness (QED) is 0.312. The van der Waals surface area contributed by atoms with Crippen LogP contribution in [0.3, 0.4) is 0 Å². The number of ether oxygens (including phenoxy) is 1. The van der Waals surface area contributed by atoms with E-state index in [2.05, 4.69) is 15.6 Å². The second-order valence-corrected chi connectivity index (χ2v) is 6.89. The van der Waals surface area contributed by atoms with Gasteiger partial charge in [0.1, 0.15) is 5.75 Å². The summed E-state index contributed by atoms with van der Waals surface area (Å²) in [5.41, 5.74) is 2.23. The fraction of sp³-hybridized carbons (Fsp3) is 0.333. The molecular weight excluding hydrogens is 503 g/mol. The first-order valence-electron chi connectivity index (χ1n) is 9.07. The molecule has 2 aromatic rings. The lowest BCUT2D eigenvalue weighted by atomic mass is 10.1. The molecule has 0 spiro atoms. The van der Waals surface area contributed by atoms with E-state index in [1.165, 1.54) is 5.56 Å². The van der Waals surface area contributed by atoms with Gasteiger partial charge >= 0.3 is 0 Å². The van der Waals surface area contributed by atoms with Crippen LogP contribution in [0.2, 0.25) is 5.02 Å². The van der Waals surface area contributed by atoms with Crippen LogP contribution in [0.25, 0.3) is 0 Å². The van der Waals surface area contributed by atoms with Gasteiger partial charge in [-0.3, -0.25) is 4.79 Å². The zero-order valence-corrected chi connectivity index (χ0v) is 20.0. The highest BCUT2D eigenvalue weighted by molar-refractivity contribution is 14.0. The van der Waals surface area contributed by atoms with E-state index in [4.69, 9.17) is 16.3 Å². The van der Waals surface area contributed by atoms with Crippen molar-refractivity contribution in [2.45, 2.75) is 13.0 Å². The van der Waals surface area contributed by atoms with E-state index >= 15 is 0 Å². The fourth-order valence-electron chi connectivity index (χ4n) is 2.37. The molecule has 0 saturated heterocycles. The predicted molar refractivity (Wildman–Crippen MR) is 129 cm³/mol. The Balaban J connectivity index is 0.00000420. The number of likely N-dealkylation sites (N-methyl/N-ethyl adjacent to an activating group) is 1. The van der Waals surface area contributed by atoms with Gasteiger partial charge in [0, 0.05) is 25.7 Å². The van der Waals surface area contributed by atoms with Crippen molar-refractivity contribution in [3.63, 3.8) is 0 Å². The summed E-state index contributed by atoms with van der Waals surface area (Å²) < 4.78 is 5.18. The Morgan fingerprint density at radius 1 is 1.03 bits per heavy atom. The number of rotatable bonds is 8. The molecule has 8 heteroatoms. The Labute approximate surface area is 194 Å². The zero-order chi connectivity index (χ0) is 20.4. The number of guanidine groups is 1. The first-order chi connectivity index (χ1) is 13.5. The molecule has 2 rings (SSSR count). The summed E-state index contributed by atoms with van der Waals surface area (Å²) in [5.74, 6) is 1.42. The monoisotopic (exact) mass is 530 g/mol. The molecule has 29 heavy (non-hydrogen) atoms. The second kappa shape index (κ2) is 13.3. The van der Waals surface area contributed by atoms with E-state index in [1.54, 1.807) is 26.1 Å². The second-order valence-electron chi connectivity index (χ2n) is 6.46. The minimum absolute atomic E-state index is 0. The van der Waals surface area contributed by atoms with Gasteiger partial charge in [0.05, 0.1) is 20.2 Å². The van der Waals surface area contributed by atoms with Crippen molar-refractivity contribution in [3.8, 4) is 5.75 Å². The molecule has 1 amide bonds. The van der Waals surface area contributed by atoms with Crippen LogP contribution in [0.5, 0.6) is 5.75 Å². The van der Waals surface area contributed by atoms with E-state index in [0.29, 0.717) is 24.1 Å². The summed E-state index contributed by atoms with van der Waals surface area (Å²) in [6.07, 6.45) is 0.827. The van der Waals surface area contributed by atoms with Gasteiger partial charge in [0.15, 0.2) is 5.96 Å². The molecule has 2 N–H and O–H groups in total. The number of aliphatic imine (C=N–C) groups is 1. The Kier molecular flexibility index (Phi) is 11.5. The summed E-state index contributed by atoms with van der Waals surface area (Å²) in [4.78, 5) is 18.0. The van der Waals surface area contributed by atoms with Crippen LogP contribution < -0.4 is 15.4 Å². The Bertz CT molecular complexity index is 780. The fourth-order valence-corrected chi connectivity index (χ4v) is 2.50. The van der Waals surface area contributed by atoms with Crippen molar-refractivity contribution in [1.29, 1.82) is 0 Å². The van der Waals surface area contributed by atoms with E-state index in [9.17, 15) is 4.79 Å². The van der Waals surface area contributed by atoms with Crippen LogP contribution in [0.1, 0.15) is 11.1 Å². The standard InChI is InChI=1S/C21H27ClN4O2.HI/c1-26(2)20(27)15-25-21(24-14-17-4-8-18(22)9-5-17)23-13-12-16-6-10-19(28-3)11-7-16;/h4-11H,12-15H2,1-3H3,(H2,23,24,25);1H. The van der Waals surface area contributed by atoms with Crippen LogP contribution >= 0.6 is 35.6 Å². The van der Waals surface area contributed by atoms with Gasteiger partial charge in [-0.1, -0.05) is 35.9 Å². The first kappa shape index (κ1) is 25.0. The van der Waals surface area contributed by atoms with Crippen LogP contribution in [-0.2, 0) is 17.8 Å². The van der Waals surface area contributed by atoms with E-state index in [-0.39, 0.29) is 36.4 Å². The molecule has 0 aliphatic heterocycles. The van der Waals surface area contributed by atoms with Crippen molar-refractivity contribution >= 4 is 47.4 Å². The summed E-state index contributed by atoms with van der Waals surface area (Å²) in [5, 5.41) is 7.07. The van der Waals surface area contributed by atoms with E-state index in [0.717, 1.165) is 17.7 Å². The number of carbonyl (C=O) groups excluding carboxylic acids is 1. The summed E-state index contributed by atoms with van der Waals surface area (Å²) in [7, 11) is 5.11. The van der Waals surface area contributed by atoms with Crippen LogP contribution in [0.4, 0.5) is 0 Å². The Hall–Kier alpha value is -2.00. The minimum atomic E-state index is -0.0175. The Morgan fingerprint density at radius 3 is 2.24 bits per heavy atom. The van der Waals surface area contributed by atoms with Crippen LogP contribution in [0.15, 0.2) is 53.5 Å². The Morgan fingerprint density at radius 2 is 1.66 bits per heavy atom. The number of hydrogen-bond donors (Lipinski definition) is 2. The van der Waals surface area contributed by atoms with Crippen molar-refractivity contribution in [2.75, 3.05) is 34.3 Å². The number of hydrogen-bond acceptors (Lipinski definition) is 3. The average Bonchev–Trinajstić information content (AvgIpc) is 2.71. The number of benzene rings is 2. The van der Waals surface area contributed by atoms with Crippen molar-refractivity contribution in [2.24, 2.45) is 4.99 Å². The van der Waals surface area contributed by atoms with Crippen molar-refractivity contribution in [3.05, 3.63) is 64.7 Å². The van der Waals surface area contributed by atoms with Gasteiger partial charge < -0.3 is 20.3 Å². The van der Waals surface area contributed by atoms with Gasteiger partial charge in [-0.25, -0.2) is 4.99 Å². The smallest absolute Gasteiger partial charge is 0.241 e. The summed E-state index contributed by atoms with van der Waals surface area (Å²) >= 11 is 5.92. The van der Waals surface area contributed by atoms with E-state index < -0.39 is 0 Å². The predicted octanol–water partition coefficient (Wildman–Crippen LogP) is 3.33. The SMILES string of the molecule is COc1ccc(CCNC(=NCc2ccc(Cl)cc2)NCC(=O)N(C)C)cc1.I. The van der Waals surface area contributed by atoms with Gasteiger partial charge in [-0.2, -0.15) is 0 Å². The third-order valence-electron chi connectivity index (χ3n) is 4.10. The maximum Gasteiger partial charge on any atom is 0.241 e. The third-order valence-corrected chi connectivity index (χ3v) is 4.36. The largest absolute Gasteiger partial charge is 0.497 e. The molecular formula is C21H28ClIN4O2. The molecule has 0 aromatic heterocycles. The van der Waals surface area contributed by atoms with E-state index in [1.807, 2.05) is 48.5 Å². The molecule has 0 heterocycles. The van der Waals surface area contributed by atoms with Gasteiger partial charge in [0.2, 0.25) is 5.91 Å². The molecule has 0 fully saturated rings. The molecule has 6 nitrogen and oxygen atoms in total. The normalized spacial score (nSPS) is 10.7. The van der Waals surface area contributed by atoms with Gasteiger partial charge in [0.25, 0.3) is 0 Å². The number of halogens is 2. The highest BCUT2D eigenvalue weighted by atomic mass is 127. The molecule has 0 aliphatic rings. The molecule has 0 radical (unpaired) electrons. The maximum absolute atomic E-state index is 11.9. The summed E-state index contributed by atoms with van der Waals surface area (Å²) in [6.45, 7) is 1.36. The topological polar surface area (TPSA) is 66.0 Å². The molecule has 0 bridgehead atoms. The average molecular weight is 531 g/mol. The zero-order valence-electron chi connectivity index (χ0n) is 16.9. The lowest BCUT2D eigenvalue weighted by molar-refractivity contribution is -0.127. The number of carbonyl (C=O) groups is 1. The highest BCUT2D eigenvalue weighted by Crippen LogP contribution is 2.11. The molecule has 0 saturated carbocycles.